The van der Waals surface area contributed by atoms with Gasteiger partial charge in [0.05, 0.1) is 5.25 Å². The zero-order chi connectivity index (χ0) is 15.7. The Morgan fingerprint density at radius 2 is 1.81 bits per heavy atom. The number of nitrogens with zero attached hydrogens (tertiary/aromatic N) is 1. The van der Waals surface area contributed by atoms with Gasteiger partial charge in [0.2, 0.25) is 0 Å². The molecular weight excluding hydrogens is 286 g/mol. The molecule has 0 aromatic rings. The second kappa shape index (κ2) is 6.52. The third-order valence-electron chi connectivity index (χ3n) is 5.86. The molecule has 0 radical (unpaired) electrons. The largest absolute Gasteiger partial charge is 0.302 e. The second-order valence-corrected chi connectivity index (χ2v) is 9.55. The van der Waals surface area contributed by atoms with E-state index < -0.39 is 9.84 Å². The Bertz CT molecular complexity index is 444. The van der Waals surface area contributed by atoms with Crippen molar-refractivity contribution in [3.05, 3.63) is 0 Å². The summed E-state index contributed by atoms with van der Waals surface area (Å²) in [5, 5.41) is -0.187. The molecule has 0 aromatic carbocycles. The summed E-state index contributed by atoms with van der Waals surface area (Å²) >= 11 is 0. The van der Waals surface area contributed by atoms with Crippen LogP contribution in [-0.4, -0.2) is 50.5 Å². The van der Waals surface area contributed by atoms with E-state index in [-0.39, 0.29) is 16.8 Å². The predicted octanol–water partition coefficient (Wildman–Crippen LogP) is 1.30. The summed E-state index contributed by atoms with van der Waals surface area (Å²) in [6.45, 7) is 0. The fourth-order valence-electron chi connectivity index (χ4n) is 4.63. The molecule has 2 saturated carbocycles. The van der Waals surface area contributed by atoms with Crippen molar-refractivity contribution >= 4 is 9.84 Å². The summed E-state index contributed by atoms with van der Waals surface area (Å²) in [5.74, 6) is 6.29. The number of hydrogen-bond donors (Lipinski definition) is 2. The van der Waals surface area contributed by atoms with Crippen molar-refractivity contribution in [2.75, 3.05) is 20.4 Å². The van der Waals surface area contributed by atoms with E-state index in [2.05, 4.69) is 24.4 Å². The summed E-state index contributed by atoms with van der Waals surface area (Å²) in [7, 11) is 1.32. The first-order valence-electron chi connectivity index (χ1n) is 8.13. The number of nitrogens with two attached hydrogens (primary N) is 1. The maximum absolute atomic E-state index is 11.9. The highest BCUT2D eigenvalue weighted by Gasteiger charge is 2.47. The zero-order valence-electron chi connectivity index (χ0n) is 13.6. The average molecular weight is 317 g/mol. The van der Waals surface area contributed by atoms with Gasteiger partial charge in [-0.2, -0.15) is 0 Å². The normalized spacial score (nSPS) is 31.5. The SMILES string of the molecule is CN(C)C1(C(NN)C2CCCC(S(C)(=O)=O)C2)CCCC1. The van der Waals surface area contributed by atoms with Crippen LogP contribution >= 0.6 is 0 Å². The molecule has 3 unspecified atom stereocenters. The van der Waals surface area contributed by atoms with Crippen LogP contribution in [-0.2, 0) is 9.84 Å². The lowest BCUT2D eigenvalue weighted by atomic mass is 9.73. The maximum atomic E-state index is 11.9. The molecule has 5 nitrogen and oxygen atoms in total. The molecule has 0 amide bonds. The van der Waals surface area contributed by atoms with Crippen LogP contribution in [0.15, 0.2) is 0 Å². The van der Waals surface area contributed by atoms with Gasteiger partial charge in [-0.1, -0.05) is 19.3 Å². The highest BCUT2D eigenvalue weighted by molar-refractivity contribution is 7.91. The van der Waals surface area contributed by atoms with Crippen molar-refractivity contribution in [3.8, 4) is 0 Å². The van der Waals surface area contributed by atoms with Gasteiger partial charge in [0.15, 0.2) is 0 Å². The molecule has 0 spiro atoms. The highest BCUT2D eigenvalue weighted by atomic mass is 32.2. The number of hydrazine groups is 1. The second-order valence-electron chi connectivity index (χ2n) is 7.23. The van der Waals surface area contributed by atoms with Crippen molar-refractivity contribution in [1.29, 1.82) is 0 Å². The van der Waals surface area contributed by atoms with Gasteiger partial charge in [-0.25, -0.2) is 8.42 Å². The van der Waals surface area contributed by atoms with Crippen LogP contribution < -0.4 is 11.3 Å². The van der Waals surface area contributed by atoms with Crippen molar-refractivity contribution in [3.63, 3.8) is 0 Å². The van der Waals surface area contributed by atoms with Crippen LogP contribution in [0.5, 0.6) is 0 Å². The Balaban J connectivity index is 2.20. The molecule has 2 rings (SSSR count). The molecule has 0 aromatic heterocycles. The van der Waals surface area contributed by atoms with Gasteiger partial charge in [-0.05, 0) is 52.1 Å². The first kappa shape index (κ1) is 17.2. The quantitative estimate of drug-likeness (QED) is 0.590. The van der Waals surface area contributed by atoms with Crippen LogP contribution in [0.25, 0.3) is 0 Å². The van der Waals surface area contributed by atoms with Crippen molar-refractivity contribution < 1.29 is 8.42 Å². The predicted molar refractivity (Wildman–Crippen MR) is 86.6 cm³/mol. The topological polar surface area (TPSA) is 75.4 Å². The average Bonchev–Trinajstić information content (AvgIpc) is 2.90. The number of sulfone groups is 1. The molecule has 0 bridgehead atoms. The van der Waals surface area contributed by atoms with E-state index in [9.17, 15) is 8.42 Å². The molecule has 21 heavy (non-hydrogen) atoms. The van der Waals surface area contributed by atoms with Gasteiger partial charge in [-0.3, -0.25) is 11.3 Å². The van der Waals surface area contributed by atoms with Gasteiger partial charge in [0, 0.05) is 17.8 Å². The summed E-state index contributed by atoms with van der Waals surface area (Å²) in [4.78, 5) is 2.31. The minimum atomic E-state index is -2.95. The molecule has 124 valence electrons. The lowest BCUT2D eigenvalue weighted by Gasteiger charge is -2.48. The molecule has 0 heterocycles. The van der Waals surface area contributed by atoms with Gasteiger partial charge >= 0.3 is 0 Å². The van der Waals surface area contributed by atoms with E-state index in [1.165, 1.54) is 19.1 Å². The Labute approximate surface area is 129 Å². The first-order valence-corrected chi connectivity index (χ1v) is 10.1. The molecule has 2 aliphatic rings. The fraction of sp³-hybridized carbons (Fsp3) is 1.00. The Morgan fingerprint density at radius 1 is 1.19 bits per heavy atom. The van der Waals surface area contributed by atoms with Crippen LogP contribution in [0.4, 0.5) is 0 Å². The standard InChI is InChI=1S/C15H31N3O2S/c1-18(2)15(9-4-5-10-15)14(17-16)12-7-6-8-13(11-12)21(3,19)20/h12-14,17H,4-11,16H2,1-3H3. The molecular formula is C15H31N3O2S. The number of rotatable bonds is 5. The van der Waals surface area contributed by atoms with Crippen molar-refractivity contribution in [2.24, 2.45) is 11.8 Å². The fourth-order valence-corrected chi connectivity index (χ4v) is 5.82. The number of likely N-dealkylation sites (N-methyl/N-ethyl adjacent to an activating group) is 1. The van der Waals surface area contributed by atoms with Gasteiger partial charge in [-0.15, -0.1) is 0 Å². The molecule has 0 aliphatic heterocycles. The summed E-state index contributed by atoms with van der Waals surface area (Å²) in [6.07, 6.45) is 9.77. The van der Waals surface area contributed by atoms with Crippen LogP contribution in [0, 0.1) is 5.92 Å². The molecule has 3 N–H and O–H groups in total. The van der Waals surface area contributed by atoms with Gasteiger partial charge in [0.25, 0.3) is 0 Å². The van der Waals surface area contributed by atoms with Gasteiger partial charge < -0.3 is 4.90 Å². The van der Waals surface area contributed by atoms with E-state index in [0.29, 0.717) is 5.92 Å². The molecule has 2 aliphatic carbocycles. The number of hydrogen-bond acceptors (Lipinski definition) is 5. The Morgan fingerprint density at radius 3 is 2.29 bits per heavy atom. The number of nitrogens with one attached hydrogen (secondary N) is 1. The minimum absolute atomic E-state index is 0.0822. The molecule has 2 fully saturated rings. The minimum Gasteiger partial charge on any atom is -0.302 e. The van der Waals surface area contributed by atoms with Crippen molar-refractivity contribution in [1.82, 2.24) is 10.3 Å². The van der Waals surface area contributed by atoms with E-state index >= 15 is 0 Å². The maximum Gasteiger partial charge on any atom is 0.150 e. The Hall–Kier alpha value is -0.170. The summed E-state index contributed by atoms with van der Waals surface area (Å²) < 4.78 is 23.8. The lowest BCUT2D eigenvalue weighted by Crippen LogP contribution is -2.63. The van der Waals surface area contributed by atoms with E-state index in [1.54, 1.807) is 0 Å². The van der Waals surface area contributed by atoms with E-state index in [4.69, 9.17) is 5.84 Å². The van der Waals surface area contributed by atoms with Crippen LogP contribution in [0.3, 0.4) is 0 Å². The van der Waals surface area contributed by atoms with Crippen LogP contribution in [0.1, 0.15) is 51.4 Å². The zero-order valence-corrected chi connectivity index (χ0v) is 14.5. The van der Waals surface area contributed by atoms with Crippen molar-refractivity contribution in [2.45, 2.75) is 68.2 Å². The summed E-state index contributed by atoms with van der Waals surface area (Å²) in [6, 6.07) is 0.180. The van der Waals surface area contributed by atoms with Gasteiger partial charge in [0.1, 0.15) is 9.84 Å². The third-order valence-corrected chi connectivity index (χ3v) is 7.50. The van der Waals surface area contributed by atoms with E-state index in [1.807, 2.05) is 0 Å². The molecule has 0 saturated heterocycles. The monoisotopic (exact) mass is 317 g/mol. The highest BCUT2D eigenvalue weighted by Crippen LogP contribution is 2.43. The van der Waals surface area contributed by atoms with E-state index in [0.717, 1.165) is 38.5 Å². The molecule has 3 atom stereocenters. The third kappa shape index (κ3) is 3.44. The first-order chi connectivity index (χ1) is 9.81. The lowest BCUT2D eigenvalue weighted by molar-refractivity contribution is 0.0617. The summed E-state index contributed by atoms with van der Waals surface area (Å²) in [5.41, 5.74) is 3.15. The smallest absolute Gasteiger partial charge is 0.150 e. The Kier molecular flexibility index (Phi) is 5.34. The molecule has 6 heteroatoms. The van der Waals surface area contributed by atoms with Crippen LogP contribution in [0.2, 0.25) is 0 Å².